The SMILES string of the molecule is COc1cccc(-c2cc(OC3CCN([SH+]C4CC4)CC3)c3cnccc3c2)c1. The summed E-state index contributed by atoms with van der Waals surface area (Å²) in [5.74, 6) is 1.80. The Bertz CT molecular complexity index is 997. The van der Waals surface area contributed by atoms with E-state index in [2.05, 4.69) is 39.6 Å². The van der Waals surface area contributed by atoms with Crippen LogP contribution in [0.4, 0.5) is 0 Å². The molecule has 0 spiro atoms. The monoisotopic (exact) mass is 407 g/mol. The minimum absolute atomic E-state index is 0.268. The van der Waals surface area contributed by atoms with Crippen molar-refractivity contribution in [1.29, 1.82) is 0 Å². The lowest BCUT2D eigenvalue weighted by molar-refractivity contribution is 0.140. The second-order valence-corrected chi connectivity index (χ2v) is 9.45. The zero-order valence-electron chi connectivity index (χ0n) is 16.8. The minimum atomic E-state index is 0.268. The zero-order chi connectivity index (χ0) is 19.6. The van der Waals surface area contributed by atoms with Gasteiger partial charge in [0.1, 0.15) is 22.9 Å². The number of aromatic nitrogens is 1. The number of ether oxygens (including phenoxy) is 2. The number of pyridine rings is 1. The van der Waals surface area contributed by atoms with Crippen LogP contribution in [0, 0.1) is 0 Å². The number of piperidine rings is 1. The lowest BCUT2D eigenvalue weighted by Crippen LogP contribution is -2.38. The molecule has 0 bridgehead atoms. The van der Waals surface area contributed by atoms with Gasteiger partial charge in [-0.25, -0.2) is 0 Å². The average molecular weight is 408 g/mol. The predicted octanol–water partition coefficient (Wildman–Crippen LogP) is 4.65. The van der Waals surface area contributed by atoms with E-state index >= 15 is 0 Å². The highest BCUT2D eigenvalue weighted by Gasteiger charge is 2.35. The van der Waals surface area contributed by atoms with Crippen LogP contribution >= 0.6 is 0 Å². The summed E-state index contributed by atoms with van der Waals surface area (Å²) in [6.45, 7) is 2.27. The third-order valence-corrected chi connectivity index (χ3v) is 7.28. The van der Waals surface area contributed by atoms with Crippen molar-refractivity contribution in [1.82, 2.24) is 9.29 Å². The molecule has 1 saturated heterocycles. The molecule has 2 aliphatic rings. The first-order chi connectivity index (χ1) is 14.3. The third kappa shape index (κ3) is 4.36. The number of thiol groups is 1. The molecule has 1 aliphatic carbocycles. The summed E-state index contributed by atoms with van der Waals surface area (Å²) >= 11 is 1.54. The molecule has 150 valence electrons. The van der Waals surface area contributed by atoms with E-state index in [9.17, 15) is 0 Å². The first-order valence-electron chi connectivity index (χ1n) is 10.4. The second-order valence-electron chi connectivity index (χ2n) is 7.92. The molecule has 1 aliphatic heterocycles. The number of hydrogen-bond acceptors (Lipinski definition) is 4. The van der Waals surface area contributed by atoms with Gasteiger partial charge in [0.25, 0.3) is 0 Å². The van der Waals surface area contributed by atoms with Crippen molar-refractivity contribution in [2.75, 3.05) is 20.2 Å². The fraction of sp³-hybridized carbons (Fsp3) is 0.375. The topological polar surface area (TPSA) is 34.6 Å². The van der Waals surface area contributed by atoms with Crippen molar-refractivity contribution in [2.24, 2.45) is 0 Å². The number of benzene rings is 2. The average Bonchev–Trinajstić information content (AvgIpc) is 3.59. The quantitative estimate of drug-likeness (QED) is 0.440. The molecule has 0 atom stereocenters. The molecule has 3 aromatic rings. The highest BCUT2D eigenvalue weighted by atomic mass is 32.2. The standard InChI is InChI=1S/C24H26N2O2S/c1-27-21-4-2-3-17(14-21)19-13-18-7-10-25-16-23(18)24(15-19)28-20-8-11-26(12-9-20)29-22-5-6-22/h2-4,7,10,13-16,20,22H,5-6,8-9,11-12H2,1H3/p+1. The fourth-order valence-corrected chi connectivity index (χ4v) is 5.21. The van der Waals surface area contributed by atoms with E-state index < -0.39 is 0 Å². The molecular weight excluding hydrogens is 380 g/mol. The summed E-state index contributed by atoms with van der Waals surface area (Å²) < 4.78 is 14.6. The van der Waals surface area contributed by atoms with Crippen molar-refractivity contribution in [3.8, 4) is 22.6 Å². The highest BCUT2D eigenvalue weighted by Crippen LogP contribution is 2.35. The summed E-state index contributed by atoms with van der Waals surface area (Å²) in [4.78, 5) is 4.34. The maximum Gasteiger partial charge on any atom is 0.135 e. The van der Waals surface area contributed by atoms with E-state index in [1.54, 1.807) is 19.1 Å². The van der Waals surface area contributed by atoms with Gasteiger partial charge in [0.15, 0.2) is 0 Å². The van der Waals surface area contributed by atoms with Crippen LogP contribution in [0.15, 0.2) is 54.9 Å². The molecular formula is C24H27N2O2S+. The summed E-state index contributed by atoms with van der Waals surface area (Å²) in [6.07, 6.45) is 9.03. The van der Waals surface area contributed by atoms with Gasteiger partial charge in [-0.05, 0) is 46.8 Å². The fourth-order valence-electron chi connectivity index (χ4n) is 3.91. The van der Waals surface area contributed by atoms with Crippen LogP contribution in [-0.2, 0) is 11.9 Å². The number of hydrogen-bond donors (Lipinski definition) is 0. The van der Waals surface area contributed by atoms with Crippen LogP contribution in [0.2, 0.25) is 0 Å². The first kappa shape index (κ1) is 18.8. The predicted molar refractivity (Wildman–Crippen MR) is 121 cm³/mol. The van der Waals surface area contributed by atoms with Crippen molar-refractivity contribution in [3.05, 3.63) is 54.9 Å². The van der Waals surface area contributed by atoms with Crippen LogP contribution in [0.3, 0.4) is 0 Å². The van der Waals surface area contributed by atoms with Gasteiger partial charge in [0.05, 0.1) is 19.1 Å². The van der Waals surface area contributed by atoms with Crippen LogP contribution in [0.25, 0.3) is 21.9 Å². The lowest BCUT2D eigenvalue weighted by atomic mass is 10.0. The molecule has 29 heavy (non-hydrogen) atoms. The smallest absolute Gasteiger partial charge is 0.135 e. The Morgan fingerprint density at radius 1 is 1.00 bits per heavy atom. The Balaban J connectivity index is 1.40. The van der Waals surface area contributed by atoms with E-state index in [0.717, 1.165) is 64.6 Å². The molecule has 4 nitrogen and oxygen atoms in total. The lowest BCUT2D eigenvalue weighted by Gasteiger charge is -2.28. The van der Waals surface area contributed by atoms with Gasteiger partial charge in [0.2, 0.25) is 0 Å². The van der Waals surface area contributed by atoms with Crippen molar-refractivity contribution in [3.63, 3.8) is 0 Å². The molecule has 1 saturated carbocycles. The maximum atomic E-state index is 6.56. The number of methoxy groups -OCH3 is 1. The minimum Gasteiger partial charge on any atom is -0.497 e. The Labute approximate surface area is 176 Å². The molecule has 0 amide bonds. The van der Waals surface area contributed by atoms with Gasteiger partial charge in [-0.2, -0.15) is 0 Å². The van der Waals surface area contributed by atoms with Gasteiger partial charge < -0.3 is 9.47 Å². The maximum absolute atomic E-state index is 6.56. The Kier molecular flexibility index (Phi) is 5.34. The highest BCUT2D eigenvalue weighted by molar-refractivity contribution is 7.77. The third-order valence-electron chi connectivity index (χ3n) is 5.71. The normalized spacial score (nSPS) is 18.1. The molecule has 0 N–H and O–H groups in total. The number of nitrogens with zero attached hydrogens (tertiary/aromatic N) is 2. The Morgan fingerprint density at radius 2 is 1.86 bits per heavy atom. The number of rotatable bonds is 6. The molecule has 0 unspecified atom stereocenters. The summed E-state index contributed by atoms with van der Waals surface area (Å²) in [6, 6.07) is 14.6. The van der Waals surface area contributed by atoms with Crippen LogP contribution in [-0.4, -0.2) is 40.8 Å². The molecule has 2 aromatic carbocycles. The van der Waals surface area contributed by atoms with Gasteiger partial charge in [0, 0.05) is 56.6 Å². The first-order valence-corrected chi connectivity index (χ1v) is 11.3. The Hall–Kier alpha value is -2.24. The van der Waals surface area contributed by atoms with Crippen LogP contribution in [0.5, 0.6) is 11.5 Å². The summed E-state index contributed by atoms with van der Waals surface area (Å²) in [5, 5.41) is 3.17. The van der Waals surface area contributed by atoms with E-state index in [-0.39, 0.29) is 6.10 Å². The van der Waals surface area contributed by atoms with Crippen molar-refractivity contribution in [2.45, 2.75) is 37.0 Å². The van der Waals surface area contributed by atoms with E-state index in [1.165, 1.54) is 12.8 Å². The molecule has 2 heterocycles. The summed E-state index contributed by atoms with van der Waals surface area (Å²) in [5.41, 5.74) is 2.27. The largest absolute Gasteiger partial charge is 0.497 e. The molecule has 5 heteroatoms. The van der Waals surface area contributed by atoms with Gasteiger partial charge in [-0.15, -0.1) is 4.31 Å². The molecule has 1 aromatic heterocycles. The van der Waals surface area contributed by atoms with Gasteiger partial charge in [-0.1, -0.05) is 12.1 Å². The van der Waals surface area contributed by atoms with Gasteiger partial charge >= 0.3 is 0 Å². The van der Waals surface area contributed by atoms with E-state index in [1.807, 2.05) is 24.5 Å². The number of fused-ring (bicyclic) bond motifs is 1. The molecule has 5 rings (SSSR count). The van der Waals surface area contributed by atoms with Crippen LogP contribution < -0.4 is 9.47 Å². The molecule has 0 radical (unpaired) electrons. The molecule has 2 fully saturated rings. The van der Waals surface area contributed by atoms with Gasteiger partial charge in [-0.3, -0.25) is 4.98 Å². The zero-order valence-corrected chi connectivity index (χ0v) is 17.6. The van der Waals surface area contributed by atoms with Crippen molar-refractivity contribution >= 4 is 22.7 Å². The Morgan fingerprint density at radius 3 is 2.66 bits per heavy atom. The van der Waals surface area contributed by atoms with Crippen molar-refractivity contribution < 1.29 is 9.47 Å². The second kappa shape index (κ2) is 8.25. The van der Waals surface area contributed by atoms with E-state index in [0.29, 0.717) is 0 Å². The summed E-state index contributed by atoms with van der Waals surface area (Å²) in [7, 11) is 1.70. The van der Waals surface area contributed by atoms with E-state index in [4.69, 9.17) is 9.47 Å². The van der Waals surface area contributed by atoms with Crippen LogP contribution in [0.1, 0.15) is 25.7 Å².